The first-order valence-electron chi connectivity index (χ1n) is 9.13. The normalized spacial score (nSPS) is 21.7. The Labute approximate surface area is 154 Å². The highest BCUT2D eigenvalue weighted by Crippen LogP contribution is 2.35. The lowest BCUT2D eigenvalue weighted by Crippen LogP contribution is -2.45. The minimum absolute atomic E-state index is 0.0724. The molecule has 6 heteroatoms. The third-order valence-corrected chi connectivity index (χ3v) is 7.47. The van der Waals surface area contributed by atoms with E-state index in [2.05, 4.69) is 35.6 Å². The molecule has 0 spiro atoms. The van der Waals surface area contributed by atoms with Crippen molar-refractivity contribution in [2.75, 3.05) is 23.9 Å². The van der Waals surface area contributed by atoms with Crippen LogP contribution in [-0.2, 0) is 27.5 Å². The second-order valence-corrected chi connectivity index (χ2v) is 9.71. The van der Waals surface area contributed by atoms with E-state index in [4.69, 9.17) is 0 Å². The molecule has 1 amide bonds. The largest absolute Gasteiger partial charge is 0.373 e. The van der Waals surface area contributed by atoms with Gasteiger partial charge in [0.15, 0.2) is 9.84 Å². The van der Waals surface area contributed by atoms with Crippen molar-refractivity contribution in [2.45, 2.75) is 38.3 Å². The van der Waals surface area contributed by atoms with Crippen molar-refractivity contribution >= 4 is 32.2 Å². The lowest BCUT2D eigenvalue weighted by Gasteiger charge is -2.27. The van der Waals surface area contributed by atoms with Crippen LogP contribution in [-0.4, -0.2) is 49.9 Å². The van der Waals surface area contributed by atoms with Gasteiger partial charge in [-0.25, -0.2) is 8.42 Å². The van der Waals surface area contributed by atoms with E-state index in [9.17, 15) is 13.2 Å². The molecule has 0 saturated carbocycles. The van der Waals surface area contributed by atoms with Crippen LogP contribution in [0.1, 0.15) is 24.5 Å². The highest BCUT2D eigenvalue weighted by Gasteiger charge is 2.34. The number of carbonyl (C=O) groups is 1. The maximum Gasteiger partial charge on any atom is 0.244 e. The van der Waals surface area contributed by atoms with Gasteiger partial charge in [-0.15, -0.1) is 0 Å². The number of nitrogens with zero attached hydrogens (tertiary/aromatic N) is 1. The third kappa shape index (κ3) is 2.96. The number of nitrogens with one attached hydrogen (secondary N) is 1. The summed E-state index contributed by atoms with van der Waals surface area (Å²) in [6, 6.07) is 9.90. The number of aryl methyl sites for hydroxylation is 2. The zero-order valence-corrected chi connectivity index (χ0v) is 16.0. The summed E-state index contributed by atoms with van der Waals surface area (Å²) < 4.78 is 23.4. The van der Waals surface area contributed by atoms with E-state index in [0.29, 0.717) is 6.42 Å². The lowest BCUT2D eigenvalue weighted by molar-refractivity contribution is -0.131. The molecule has 2 aromatic rings. The third-order valence-electron chi connectivity index (χ3n) is 5.72. The monoisotopic (exact) mass is 372 g/mol. The average molecular weight is 372 g/mol. The van der Waals surface area contributed by atoms with Crippen LogP contribution in [0.15, 0.2) is 30.3 Å². The van der Waals surface area contributed by atoms with Gasteiger partial charge in [0.05, 0.1) is 11.5 Å². The number of anilines is 1. The van der Waals surface area contributed by atoms with Gasteiger partial charge in [0.25, 0.3) is 0 Å². The molecule has 0 aromatic heterocycles. The van der Waals surface area contributed by atoms with E-state index in [-0.39, 0.29) is 23.5 Å². The first-order chi connectivity index (χ1) is 12.4. The molecule has 1 aliphatic heterocycles. The van der Waals surface area contributed by atoms with Gasteiger partial charge in [-0.2, -0.15) is 0 Å². The molecule has 1 saturated heterocycles. The van der Waals surface area contributed by atoms with Crippen LogP contribution < -0.4 is 5.32 Å². The Kier molecular flexibility index (Phi) is 4.18. The minimum Gasteiger partial charge on any atom is -0.373 e. The van der Waals surface area contributed by atoms with E-state index < -0.39 is 15.9 Å². The summed E-state index contributed by atoms with van der Waals surface area (Å²) in [5.74, 6) is 0.171. The summed E-state index contributed by atoms with van der Waals surface area (Å²) in [5.41, 5.74) is 3.70. The van der Waals surface area contributed by atoms with E-state index in [1.807, 2.05) is 6.92 Å². The van der Waals surface area contributed by atoms with E-state index in [1.54, 1.807) is 11.9 Å². The molecule has 26 heavy (non-hydrogen) atoms. The number of hydrogen-bond donors (Lipinski definition) is 1. The predicted molar refractivity (Wildman–Crippen MR) is 104 cm³/mol. The molecule has 0 unspecified atom stereocenters. The zero-order valence-electron chi connectivity index (χ0n) is 15.2. The summed E-state index contributed by atoms with van der Waals surface area (Å²) in [4.78, 5) is 14.4. The highest BCUT2D eigenvalue weighted by molar-refractivity contribution is 7.91. The fourth-order valence-electron chi connectivity index (χ4n) is 4.23. The van der Waals surface area contributed by atoms with E-state index in [0.717, 1.165) is 23.9 Å². The molecule has 1 heterocycles. The van der Waals surface area contributed by atoms with E-state index >= 15 is 0 Å². The SMILES string of the molecule is C[C@@H](Nc1ccc2c3c(cccc13)CC2)C(=O)N(C)[C@@H]1CCS(=O)(=O)C1. The quantitative estimate of drug-likeness (QED) is 0.895. The predicted octanol–water partition coefficient (Wildman–Crippen LogP) is 2.38. The number of sulfone groups is 1. The molecule has 0 radical (unpaired) electrons. The molecule has 2 aliphatic rings. The minimum atomic E-state index is -3.00. The average Bonchev–Trinajstić information content (AvgIpc) is 3.20. The Balaban J connectivity index is 1.54. The van der Waals surface area contributed by atoms with Gasteiger partial charge in [-0.1, -0.05) is 24.3 Å². The van der Waals surface area contributed by atoms with Gasteiger partial charge in [0.1, 0.15) is 6.04 Å². The van der Waals surface area contributed by atoms with E-state index in [1.165, 1.54) is 16.5 Å². The molecular weight excluding hydrogens is 348 g/mol. The van der Waals surface area contributed by atoms with Gasteiger partial charge in [0.2, 0.25) is 5.91 Å². The number of carbonyl (C=O) groups excluding carboxylic acids is 1. The van der Waals surface area contributed by atoms with Gasteiger partial charge in [0, 0.05) is 24.2 Å². The van der Waals surface area contributed by atoms with Gasteiger partial charge in [-0.3, -0.25) is 4.79 Å². The van der Waals surface area contributed by atoms with Gasteiger partial charge >= 0.3 is 0 Å². The second-order valence-electron chi connectivity index (χ2n) is 7.48. The first-order valence-corrected chi connectivity index (χ1v) is 10.9. The van der Waals surface area contributed by atoms with Crippen molar-refractivity contribution in [1.29, 1.82) is 0 Å². The Hall–Kier alpha value is -2.08. The molecule has 2 aromatic carbocycles. The fourth-order valence-corrected chi connectivity index (χ4v) is 6.01. The number of likely N-dealkylation sites (N-methyl/N-ethyl adjacent to an activating group) is 1. The summed E-state index contributed by atoms with van der Waals surface area (Å²) >= 11 is 0. The molecule has 5 nitrogen and oxygen atoms in total. The van der Waals surface area contributed by atoms with Crippen molar-refractivity contribution in [2.24, 2.45) is 0 Å². The molecule has 1 aliphatic carbocycles. The molecule has 138 valence electrons. The van der Waals surface area contributed by atoms with Crippen LogP contribution in [0.5, 0.6) is 0 Å². The van der Waals surface area contributed by atoms with Gasteiger partial charge in [-0.05, 0) is 48.8 Å². The van der Waals surface area contributed by atoms with Gasteiger partial charge < -0.3 is 10.2 Å². The Morgan fingerprint density at radius 2 is 1.92 bits per heavy atom. The molecule has 1 fully saturated rings. The number of benzene rings is 2. The van der Waals surface area contributed by atoms with Crippen molar-refractivity contribution in [3.63, 3.8) is 0 Å². The van der Waals surface area contributed by atoms with Crippen LogP contribution in [0.25, 0.3) is 10.8 Å². The summed E-state index contributed by atoms with van der Waals surface area (Å²) in [6.07, 6.45) is 2.67. The number of rotatable bonds is 4. The maximum atomic E-state index is 12.8. The molecule has 1 N–H and O–H groups in total. The smallest absolute Gasteiger partial charge is 0.244 e. The summed E-state index contributed by atoms with van der Waals surface area (Å²) in [7, 11) is -1.30. The molecular formula is C20H24N2O3S. The van der Waals surface area contributed by atoms with Crippen LogP contribution in [0, 0.1) is 0 Å². The first kappa shape index (κ1) is 17.3. The van der Waals surface area contributed by atoms with Crippen molar-refractivity contribution in [3.8, 4) is 0 Å². The van der Waals surface area contributed by atoms with Crippen molar-refractivity contribution in [1.82, 2.24) is 4.90 Å². The van der Waals surface area contributed by atoms with Crippen molar-refractivity contribution < 1.29 is 13.2 Å². The van der Waals surface area contributed by atoms with Crippen LogP contribution in [0.3, 0.4) is 0 Å². The van der Waals surface area contributed by atoms with Crippen LogP contribution in [0.4, 0.5) is 5.69 Å². The topological polar surface area (TPSA) is 66.5 Å². The summed E-state index contributed by atoms with van der Waals surface area (Å²) in [6.45, 7) is 1.84. The standard InChI is InChI=1S/C20H24N2O3S/c1-13(20(23)22(2)16-10-11-26(24,25)12-16)21-18-9-8-15-7-6-14-4-3-5-17(18)19(14)15/h3-5,8-9,13,16,21H,6-7,10-12H2,1-2H3/t13-,16-/m1/s1. The van der Waals surface area contributed by atoms with Crippen LogP contribution >= 0.6 is 0 Å². The molecule has 2 atom stereocenters. The Bertz CT molecular complexity index is 974. The van der Waals surface area contributed by atoms with Crippen LogP contribution in [0.2, 0.25) is 0 Å². The zero-order chi connectivity index (χ0) is 18.5. The number of hydrogen-bond acceptors (Lipinski definition) is 4. The summed E-state index contributed by atoms with van der Waals surface area (Å²) in [5, 5.41) is 5.82. The maximum absolute atomic E-state index is 12.8. The lowest BCUT2D eigenvalue weighted by atomic mass is 10.0. The Morgan fingerprint density at radius 1 is 1.19 bits per heavy atom. The molecule has 4 rings (SSSR count). The van der Waals surface area contributed by atoms with Crippen molar-refractivity contribution in [3.05, 3.63) is 41.5 Å². The molecule has 0 bridgehead atoms. The number of amides is 1. The highest BCUT2D eigenvalue weighted by atomic mass is 32.2. The fraction of sp³-hybridized carbons (Fsp3) is 0.450. The second kappa shape index (κ2) is 6.27. The Morgan fingerprint density at radius 3 is 2.62 bits per heavy atom.